The number of amides is 1. The lowest BCUT2D eigenvalue weighted by Gasteiger charge is -2.31. The molecule has 23 heavy (non-hydrogen) atoms. The number of carbonyl (C=O) groups is 1. The van der Waals surface area contributed by atoms with E-state index in [0.29, 0.717) is 6.54 Å². The van der Waals surface area contributed by atoms with E-state index in [2.05, 4.69) is 44.8 Å². The van der Waals surface area contributed by atoms with Gasteiger partial charge in [0.2, 0.25) is 5.91 Å². The van der Waals surface area contributed by atoms with E-state index in [-0.39, 0.29) is 12.5 Å². The van der Waals surface area contributed by atoms with Crippen LogP contribution in [0.4, 0.5) is 0 Å². The van der Waals surface area contributed by atoms with Crippen LogP contribution in [0.1, 0.15) is 16.7 Å². The molecule has 1 amide bonds. The predicted octanol–water partition coefficient (Wildman–Crippen LogP) is 2.25. The van der Waals surface area contributed by atoms with Gasteiger partial charge < -0.3 is 4.90 Å². The van der Waals surface area contributed by atoms with Crippen LogP contribution in [0, 0.1) is 3.57 Å². The van der Waals surface area contributed by atoms with E-state index >= 15 is 0 Å². The number of allylic oxidation sites excluding steroid dienone is 1. The summed E-state index contributed by atoms with van der Waals surface area (Å²) < 4.78 is 3.00. The van der Waals surface area contributed by atoms with E-state index in [1.165, 1.54) is 9.13 Å². The first-order valence-corrected chi connectivity index (χ1v) is 8.54. The number of aromatic nitrogens is 2. The molecule has 0 aliphatic carbocycles. The van der Waals surface area contributed by atoms with Gasteiger partial charge in [-0.05, 0) is 46.7 Å². The number of halogens is 1. The standard InChI is InChI=1S/C17H15IN4O/c1-21-10-11(8-20-21)15-7-16-13-3-2-4-14(18)12(13)5-6-22(16)17(23)9-19-15/h2-4,7-8,10H,5-6,9H2,1H3. The van der Waals surface area contributed by atoms with E-state index in [9.17, 15) is 4.79 Å². The number of benzene rings is 1. The Morgan fingerprint density at radius 1 is 1.30 bits per heavy atom. The van der Waals surface area contributed by atoms with Crippen LogP contribution in [0.5, 0.6) is 0 Å². The zero-order valence-corrected chi connectivity index (χ0v) is 14.8. The fraction of sp³-hybridized carbons (Fsp3) is 0.235. The molecule has 6 heteroatoms. The lowest BCUT2D eigenvalue weighted by atomic mass is 9.95. The van der Waals surface area contributed by atoms with E-state index in [1.54, 1.807) is 10.9 Å². The first-order chi connectivity index (χ1) is 11.1. The SMILES string of the molecule is Cn1cc(C2=NCC(=O)N3CCc4c(I)cccc4C3=C2)cn1. The molecule has 2 aliphatic rings. The number of aryl methyl sites for hydroxylation is 1. The van der Waals surface area contributed by atoms with Gasteiger partial charge in [-0.15, -0.1) is 0 Å². The highest BCUT2D eigenvalue weighted by Gasteiger charge is 2.29. The van der Waals surface area contributed by atoms with Crippen molar-refractivity contribution in [3.8, 4) is 0 Å². The third-order valence-corrected chi connectivity index (χ3v) is 5.24. The molecule has 0 N–H and O–H groups in total. The Hall–Kier alpha value is -1.96. The van der Waals surface area contributed by atoms with Gasteiger partial charge in [0.1, 0.15) is 6.54 Å². The summed E-state index contributed by atoms with van der Waals surface area (Å²) in [6.07, 6.45) is 6.62. The minimum absolute atomic E-state index is 0.0552. The quantitative estimate of drug-likeness (QED) is 0.668. The van der Waals surface area contributed by atoms with Gasteiger partial charge in [-0.2, -0.15) is 5.10 Å². The van der Waals surface area contributed by atoms with Crippen molar-refractivity contribution in [2.75, 3.05) is 13.1 Å². The number of rotatable bonds is 1. The Morgan fingerprint density at radius 3 is 2.96 bits per heavy atom. The van der Waals surface area contributed by atoms with E-state index in [0.717, 1.165) is 29.0 Å². The van der Waals surface area contributed by atoms with Crippen LogP contribution in [0.2, 0.25) is 0 Å². The minimum Gasteiger partial charge on any atom is -0.310 e. The highest BCUT2D eigenvalue weighted by Crippen LogP contribution is 2.33. The Bertz CT molecular complexity index is 865. The Labute approximate surface area is 147 Å². The summed E-state index contributed by atoms with van der Waals surface area (Å²) in [5, 5.41) is 4.21. The largest absolute Gasteiger partial charge is 0.310 e. The summed E-state index contributed by atoms with van der Waals surface area (Å²) in [6, 6.07) is 6.25. The fourth-order valence-electron chi connectivity index (χ4n) is 3.10. The Balaban J connectivity index is 1.88. The van der Waals surface area contributed by atoms with Gasteiger partial charge in [-0.3, -0.25) is 14.5 Å². The van der Waals surface area contributed by atoms with Gasteiger partial charge >= 0.3 is 0 Å². The van der Waals surface area contributed by atoms with Gasteiger partial charge in [-0.1, -0.05) is 12.1 Å². The van der Waals surface area contributed by atoms with Crippen LogP contribution >= 0.6 is 22.6 Å². The predicted molar refractivity (Wildman–Crippen MR) is 97.2 cm³/mol. The van der Waals surface area contributed by atoms with Crippen molar-refractivity contribution in [3.63, 3.8) is 0 Å². The molecule has 0 spiro atoms. The zero-order chi connectivity index (χ0) is 16.0. The molecule has 0 fully saturated rings. The van der Waals surface area contributed by atoms with Crippen molar-refractivity contribution in [2.45, 2.75) is 6.42 Å². The van der Waals surface area contributed by atoms with Gasteiger partial charge in [0, 0.05) is 34.5 Å². The zero-order valence-electron chi connectivity index (χ0n) is 12.7. The van der Waals surface area contributed by atoms with Crippen molar-refractivity contribution in [2.24, 2.45) is 12.0 Å². The molecule has 0 bridgehead atoms. The average molecular weight is 418 g/mol. The molecular weight excluding hydrogens is 403 g/mol. The minimum atomic E-state index is 0.0552. The summed E-state index contributed by atoms with van der Waals surface area (Å²) >= 11 is 2.37. The van der Waals surface area contributed by atoms with Crippen LogP contribution < -0.4 is 0 Å². The Kier molecular flexibility index (Phi) is 3.56. The second kappa shape index (κ2) is 5.59. The van der Waals surface area contributed by atoms with E-state index in [4.69, 9.17) is 0 Å². The van der Waals surface area contributed by atoms with Crippen LogP contribution in [-0.2, 0) is 18.3 Å². The highest BCUT2D eigenvalue weighted by molar-refractivity contribution is 14.1. The van der Waals surface area contributed by atoms with Crippen molar-refractivity contribution in [3.05, 3.63) is 56.9 Å². The number of nitrogens with zero attached hydrogens (tertiary/aromatic N) is 4. The monoisotopic (exact) mass is 418 g/mol. The number of hydrogen-bond acceptors (Lipinski definition) is 3. The summed E-state index contributed by atoms with van der Waals surface area (Å²) in [4.78, 5) is 18.8. The number of fused-ring (bicyclic) bond motifs is 3. The molecule has 0 unspecified atom stereocenters. The maximum Gasteiger partial charge on any atom is 0.248 e. The summed E-state index contributed by atoms with van der Waals surface area (Å²) in [5.41, 5.74) is 5.16. The summed E-state index contributed by atoms with van der Waals surface area (Å²) in [6.45, 7) is 0.900. The third-order valence-electron chi connectivity index (χ3n) is 4.23. The first-order valence-electron chi connectivity index (χ1n) is 7.47. The molecule has 0 atom stereocenters. The molecule has 1 aromatic carbocycles. The number of aliphatic imine (C=N–C) groups is 1. The van der Waals surface area contributed by atoms with Gasteiger partial charge in [0.05, 0.1) is 17.6 Å². The molecule has 4 rings (SSSR count). The molecule has 0 saturated heterocycles. The second-order valence-electron chi connectivity index (χ2n) is 5.70. The summed E-state index contributed by atoms with van der Waals surface area (Å²) in [7, 11) is 1.88. The fourth-order valence-corrected chi connectivity index (χ4v) is 3.87. The lowest BCUT2D eigenvalue weighted by Crippen LogP contribution is -2.36. The normalized spacial score (nSPS) is 17.1. The smallest absolute Gasteiger partial charge is 0.248 e. The lowest BCUT2D eigenvalue weighted by molar-refractivity contribution is -0.126. The van der Waals surface area contributed by atoms with Crippen LogP contribution in [0.25, 0.3) is 5.70 Å². The maximum atomic E-state index is 12.5. The molecule has 1 aromatic heterocycles. The first kappa shape index (κ1) is 14.6. The van der Waals surface area contributed by atoms with Gasteiger partial charge in [-0.25, -0.2) is 0 Å². The maximum absolute atomic E-state index is 12.5. The average Bonchev–Trinajstić information content (AvgIpc) is 2.90. The van der Waals surface area contributed by atoms with E-state index < -0.39 is 0 Å². The van der Waals surface area contributed by atoms with Crippen molar-refractivity contribution in [1.29, 1.82) is 0 Å². The third kappa shape index (κ3) is 2.50. The van der Waals surface area contributed by atoms with Gasteiger partial charge in [0.25, 0.3) is 0 Å². The molecule has 0 saturated carbocycles. The molecule has 116 valence electrons. The van der Waals surface area contributed by atoms with Crippen LogP contribution in [-0.4, -0.2) is 39.4 Å². The molecule has 5 nitrogen and oxygen atoms in total. The molecular formula is C17H15IN4O. The topological polar surface area (TPSA) is 50.5 Å². The highest BCUT2D eigenvalue weighted by atomic mass is 127. The molecule has 2 aromatic rings. The molecule has 3 heterocycles. The van der Waals surface area contributed by atoms with Crippen molar-refractivity contribution in [1.82, 2.24) is 14.7 Å². The Morgan fingerprint density at radius 2 is 2.17 bits per heavy atom. The van der Waals surface area contributed by atoms with Crippen molar-refractivity contribution < 1.29 is 4.79 Å². The van der Waals surface area contributed by atoms with Crippen LogP contribution in [0.3, 0.4) is 0 Å². The molecule has 2 aliphatic heterocycles. The number of carbonyl (C=O) groups excluding carboxylic acids is 1. The molecule has 0 radical (unpaired) electrons. The van der Waals surface area contributed by atoms with Crippen LogP contribution in [0.15, 0.2) is 41.7 Å². The number of hydrogen-bond donors (Lipinski definition) is 0. The summed E-state index contributed by atoms with van der Waals surface area (Å²) in [5.74, 6) is 0.0552. The second-order valence-corrected chi connectivity index (χ2v) is 6.86. The van der Waals surface area contributed by atoms with Crippen molar-refractivity contribution >= 4 is 39.9 Å². The van der Waals surface area contributed by atoms with Gasteiger partial charge in [0.15, 0.2) is 0 Å². The van der Waals surface area contributed by atoms with E-state index in [1.807, 2.05) is 30.3 Å².